The summed E-state index contributed by atoms with van der Waals surface area (Å²) in [6.07, 6.45) is -1.17. The van der Waals surface area contributed by atoms with Crippen LogP contribution in [0, 0.1) is 10.1 Å². The number of nitro groups is 1. The molecule has 1 atom stereocenters. The van der Waals surface area contributed by atoms with Crippen molar-refractivity contribution in [3.05, 3.63) is 39.9 Å². The van der Waals surface area contributed by atoms with E-state index in [0.717, 1.165) is 0 Å². The Hall–Kier alpha value is -2.44. The largest absolute Gasteiger partial charge is 0.452 e. The summed E-state index contributed by atoms with van der Waals surface area (Å²) in [5.41, 5.74) is 0.112. The fourth-order valence-corrected chi connectivity index (χ4v) is 1.60. The van der Waals surface area contributed by atoms with Crippen LogP contribution >= 0.6 is 0 Å². The van der Waals surface area contributed by atoms with E-state index in [1.54, 1.807) is 13.0 Å². The van der Waals surface area contributed by atoms with Gasteiger partial charge in [-0.2, -0.15) is 0 Å². The number of hydrogen-bond acceptors (Lipinski definition) is 5. The van der Waals surface area contributed by atoms with Gasteiger partial charge < -0.3 is 10.1 Å². The molecule has 7 nitrogen and oxygen atoms in total. The molecule has 0 aliphatic heterocycles. The van der Waals surface area contributed by atoms with Gasteiger partial charge in [-0.1, -0.05) is 18.2 Å². The first-order chi connectivity index (χ1) is 9.45. The van der Waals surface area contributed by atoms with Gasteiger partial charge in [0.1, 0.15) is 0 Å². The first-order valence-electron chi connectivity index (χ1n) is 6.15. The van der Waals surface area contributed by atoms with Crippen LogP contribution in [-0.2, 0) is 20.7 Å². The molecule has 1 N–H and O–H groups in total. The number of nitro benzene ring substituents is 1. The van der Waals surface area contributed by atoms with Gasteiger partial charge in [0, 0.05) is 18.2 Å². The molecule has 108 valence electrons. The number of rotatable bonds is 6. The highest BCUT2D eigenvalue weighted by Gasteiger charge is 2.20. The molecule has 1 amide bonds. The minimum Gasteiger partial charge on any atom is -0.452 e. The number of carbonyl (C=O) groups is 2. The summed E-state index contributed by atoms with van der Waals surface area (Å²) in [7, 11) is 0. The highest BCUT2D eigenvalue weighted by atomic mass is 16.6. The molecule has 1 rings (SSSR count). The van der Waals surface area contributed by atoms with Gasteiger partial charge in [-0.25, -0.2) is 0 Å². The Labute approximate surface area is 116 Å². The minimum absolute atomic E-state index is 0.143. The Morgan fingerprint density at radius 2 is 2.05 bits per heavy atom. The van der Waals surface area contributed by atoms with Crippen molar-refractivity contribution in [1.29, 1.82) is 0 Å². The molecule has 7 heteroatoms. The Kier molecular flexibility index (Phi) is 5.64. The normalized spacial score (nSPS) is 11.5. The molecule has 0 saturated carbocycles. The van der Waals surface area contributed by atoms with Gasteiger partial charge in [0.25, 0.3) is 11.6 Å². The second kappa shape index (κ2) is 7.22. The third-order valence-corrected chi connectivity index (χ3v) is 2.55. The second-order valence-corrected chi connectivity index (χ2v) is 4.09. The summed E-state index contributed by atoms with van der Waals surface area (Å²) in [5.74, 6) is -1.08. The standard InChI is InChI=1S/C13H16N2O5/c1-3-14-13(17)9(2)20-12(16)8-10-6-4-5-7-11(10)15(18)19/h4-7,9H,3,8H2,1-2H3,(H,14,17)/t9-/m0/s1. The molecule has 0 aromatic heterocycles. The van der Waals surface area contributed by atoms with Gasteiger partial charge >= 0.3 is 5.97 Å². The fourth-order valence-electron chi connectivity index (χ4n) is 1.60. The maximum atomic E-state index is 11.7. The van der Waals surface area contributed by atoms with Crippen molar-refractivity contribution < 1.29 is 19.2 Å². The zero-order chi connectivity index (χ0) is 15.1. The van der Waals surface area contributed by atoms with Crippen LogP contribution in [0.15, 0.2) is 24.3 Å². The van der Waals surface area contributed by atoms with Crippen molar-refractivity contribution in [2.75, 3.05) is 6.54 Å². The minimum atomic E-state index is -0.926. The molecule has 0 unspecified atom stereocenters. The molecule has 1 aromatic rings. The number of nitrogens with one attached hydrogen (secondary N) is 1. The number of amides is 1. The predicted molar refractivity (Wildman–Crippen MR) is 71.0 cm³/mol. The van der Waals surface area contributed by atoms with Crippen LogP contribution in [-0.4, -0.2) is 29.4 Å². The summed E-state index contributed by atoms with van der Waals surface area (Å²) >= 11 is 0. The van der Waals surface area contributed by atoms with E-state index in [4.69, 9.17) is 4.74 Å². The van der Waals surface area contributed by atoms with Gasteiger partial charge in [0.15, 0.2) is 6.10 Å². The molecule has 20 heavy (non-hydrogen) atoms. The van der Waals surface area contributed by atoms with E-state index in [9.17, 15) is 19.7 Å². The molecule has 0 radical (unpaired) electrons. The molecule has 0 saturated heterocycles. The number of benzene rings is 1. The Morgan fingerprint density at radius 1 is 1.40 bits per heavy atom. The zero-order valence-electron chi connectivity index (χ0n) is 11.3. The Bertz CT molecular complexity index is 515. The predicted octanol–water partition coefficient (Wildman–Crippen LogP) is 1.21. The summed E-state index contributed by atoms with van der Waals surface area (Å²) in [6.45, 7) is 3.63. The molecule has 1 aromatic carbocycles. The molecule has 0 spiro atoms. The number of hydrogen-bond donors (Lipinski definition) is 1. The van der Waals surface area contributed by atoms with E-state index in [0.29, 0.717) is 6.54 Å². The van der Waals surface area contributed by atoms with Crippen LogP contribution in [0.3, 0.4) is 0 Å². The van der Waals surface area contributed by atoms with Crippen molar-refractivity contribution in [3.8, 4) is 0 Å². The van der Waals surface area contributed by atoms with Gasteiger partial charge in [0.05, 0.1) is 11.3 Å². The van der Waals surface area contributed by atoms with Crippen molar-refractivity contribution >= 4 is 17.6 Å². The highest BCUT2D eigenvalue weighted by molar-refractivity contribution is 5.84. The molecule has 0 aliphatic carbocycles. The third-order valence-electron chi connectivity index (χ3n) is 2.55. The zero-order valence-corrected chi connectivity index (χ0v) is 11.3. The van der Waals surface area contributed by atoms with Gasteiger partial charge in [-0.3, -0.25) is 19.7 Å². The van der Waals surface area contributed by atoms with Crippen molar-refractivity contribution in [3.63, 3.8) is 0 Å². The molecule has 0 fully saturated rings. The summed E-state index contributed by atoms with van der Waals surface area (Å²) in [5, 5.41) is 13.3. The first-order valence-corrected chi connectivity index (χ1v) is 6.15. The van der Waals surface area contributed by atoms with Gasteiger partial charge in [-0.05, 0) is 13.8 Å². The van der Waals surface area contributed by atoms with E-state index in [2.05, 4.69) is 5.32 Å². The van der Waals surface area contributed by atoms with Crippen LogP contribution in [0.5, 0.6) is 0 Å². The molecule has 0 aliphatic rings. The number of ether oxygens (including phenoxy) is 1. The summed E-state index contributed by atoms with van der Waals surface area (Å²) < 4.78 is 4.93. The maximum absolute atomic E-state index is 11.7. The third kappa shape index (κ3) is 4.34. The lowest BCUT2D eigenvalue weighted by Gasteiger charge is -2.12. The topological polar surface area (TPSA) is 98.5 Å². The average Bonchev–Trinajstić information content (AvgIpc) is 2.39. The quantitative estimate of drug-likeness (QED) is 0.479. The first kappa shape index (κ1) is 15.6. The summed E-state index contributed by atoms with van der Waals surface area (Å²) in [4.78, 5) is 33.3. The van der Waals surface area contributed by atoms with Crippen LogP contribution in [0.4, 0.5) is 5.69 Å². The molecular formula is C13H16N2O5. The van der Waals surface area contributed by atoms with Gasteiger partial charge in [-0.15, -0.1) is 0 Å². The summed E-state index contributed by atoms with van der Waals surface area (Å²) in [6, 6.07) is 5.92. The van der Waals surface area contributed by atoms with E-state index in [-0.39, 0.29) is 17.7 Å². The van der Waals surface area contributed by atoms with Gasteiger partial charge in [0.2, 0.25) is 0 Å². The lowest BCUT2D eigenvalue weighted by Crippen LogP contribution is -2.35. The second-order valence-electron chi connectivity index (χ2n) is 4.09. The van der Waals surface area contributed by atoms with Crippen LogP contribution in [0.25, 0.3) is 0 Å². The van der Waals surface area contributed by atoms with Crippen LogP contribution < -0.4 is 5.32 Å². The molecule has 0 heterocycles. The van der Waals surface area contributed by atoms with E-state index < -0.39 is 22.9 Å². The van der Waals surface area contributed by atoms with Crippen molar-refractivity contribution in [2.45, 2.75) is 26.4 Å². The lowest BCUT2D eigenvalue weighted by atomic mass is 10.1. The van der Waals surface area contributed by atoms with Crippen LogP contribution in [0.2, 0.25) is 0 Å². The van der Waals surface area contributed by atoms with E-state index >= 15 is 0 Å². The SMILES string of the molecule is CCNC(=O)[C@H](C)OC(=O)Cc1ccccc1[N+](=O)[O-]. The number of likely N-dealkylation sites (N-methyl/N-ethyl adjacent to an activating group) is 1. The maximum Gasteiger partial charge on any atom is 0.311 e. The molecular weight excluding hydrogens is 264 g/mol. The number of esters is 1. The number of carbonyl (C=O) groups excluding carboxylic acids is 2. The van der Waals surface area contributed by atoms with Crippen molar-refractivity contribution in [2.24, 2.45) is 0 Å². The average molecular weight is 280 g/mol. The Balaban J connectivity index is 2.68. The van der Waals surface area contributed by atoms with Crippen molar-refractivity contribution in [1.82, 2.24) is 5.32 Å². The van der Waals surface area contributed by atoms with Crippen LogP contribution in [0.1, 0.15) is 19.4 Å². The fraction of sp³-hybridized carbons (Fsp3) is 0.385. The molecule has 0 bridgehead atoms. The van der Waals surface area contributed by atoms with E-state index in [1.165, 1.54) is 25.1 Å². The number of para-hydroxylation sites is 1. The smallest absolute Gasteiger partial charge is 0.311 e. The number of nitrogens with zero attached hydrogens (tertiary/aromatic N) is 1. The monoisotopic (exact) mass is 280 g/mol. The highest BCUT2D eigenvalue weighted by Crippen LogP contribution is 2.18. The van der Waals surface area contributed by atoms with E-state index in [1.807, 2.05) is 0 Å². The Morgan fingerprint density at radius 3 is 2.65 bits per heavy atom. The lowest BCUT2D eigenvalue weighted by molar-refractivity contribution is -0.385.